The summed E-state index contributed by atoms with van der Waals surface area (Å²) in [6.07, 6.45) is -1.01. The van der Waals surface area contributed by atoms with Gasteiger partial charge in [-0.1, -0.05) is 29.8 Å². The molecule has 1 atom stereocenters. The zero-order chi connectivity index (χ0) is 19.1. The Morgan fingerprint density at radius 3 is 2.38 bits per heavy atom. The number of esters is 1. The molecule has 0 aliphatic heterocycles. The summed E-state index contributed by atoms with van der Waals surface area (Å²) < 4.78 is 5.03. The molecule has 2 aromatic carbocycles. The van der Waals surface area contributed by atoms with Crippen LogP contribution in [0.2, 0.25) is 5.02 Å². The number of benzene rings is 2. The van der Waals surface area contributed by atoms with Crippen LogP contribution in [0.3, 0.4) is 0 Å². The molecule has 136 valence electrons. The Balaban J connectivity index is 1.81. The molecular weight excluding hydrogens is 356 g/mol. The lowest BCUT2D eigenvalue weighted by molar-refractivity contribution is -0.152. The molecule has 0 bridgehead atoms. The Morgan fingerprint density at radius 2 is 1.73 bits per heavy atom. The van der Waals surface area contributed by atoms with E-state index >= 15 is 0 Å². The Morgan fingerprint density at radius 1 is 1.08 bits per heavy atom. The summed E-state index contributed by atoms with van der Waals surface area (Å²) in [5.74, 6) is -1.56. The monoisotopic (exact) mass is 374 g/mol. The van der Waals surface area contributed by atoms with Crippen molar-refractivity contribution in [3.63, 3.8) is 0 Å². The molecule has 0 aliphatic rings. The summed E-state index contributed by atoms with van der Waals surface area (Å²) in [4.78, 5) is 35.9. The van der Waals surface area contributed by atoms with Crippen LogP contribution in [0.25, 0.3) is 0 Å². The molecule has 2 amide bonds. The van der Waals surface area contributed by atoms with Crippen molar-refractivity contribution >= 4 is 35.1 Å². The van der Waals surface area contributed by atoms with Crippen LogP contribution in [0, 0.1) is 6.92 Å². The van der Waals surface area contributed by atoms with Crippen LogP contribution in [0.4, 0.5) is 5.69 Å². The molecule has 0 saturated carbocycles. The second kappa shape index (κ2) is 9.01. The second-order valence-electron chi connectivity index (χ2n) is 5.63. The first-order valence-electron chi connectivity index (χ1n) is 7.96. The van der Waals surface area contributed by atoms with Crippen LogP contribution in [-0.4, -0.2) is 30.4 Å². The maximum Gasteiger partial charge on any atom is 0.326 e. The summed E-state index contributed by atoms with van der Waals surface area (Å²) in [5, 5.41) is 5.64. The fourth-order valence-corrected chi connectivity index (χ4v) is 2.27. The number of ether oxygens (including phenoxy) is 1. The minimum absolute atomic E-state index is 0.328. The molecular formula is C19H19ClN2O4. The molecule has 0 aliphatic carbocycles. The topological polar surface area (TPSA) is 84.5 Å². The summed E-state index contributed by atoms with van der Waals surface area (Å²) >= 11 is 5.78. The van der Waals surface area contributed by atoms with Crippen molar-refractivity contribution in [3.8, 4) is 0 Å². The van der Waals surface area contributed by atoms with Crippen molar-refractivity contribution in [2.75, 3.05) is 11.9 Å². The molecule has 6 nitrogen and oxygen atoms in total. The van der Waals surface area contributed by atoms with E-state index in [2.05, 4.69) is 10.6 Å². The van der Waals surface area contributed by atoms with Gasteiger partial charge in [0, 0.05) is 16.3 Å². The number of rotatable bonds is 6. The average molecular weight is 375 g/mol. The molecule has 2 aromatic rings. The summed E-state index contributed by atoms with van der Waals surface area (Å²) in [6, 6.07) is 13.6. The zero-order valence-corrected chi connectivity index (χ0v) is 15.2. The van der Waals surface area contributed by atoms with E-state index in [1.165, 1.54) is 6.92 Å². The van der Waals surface area contributed by atoms with Crippen molar-refractivity contribution in [2.24, 2.45) is 0 Å². The Kier molecular flexibility index (Phi) is 6.74. The number of aryl methyl sites for hydroxylation is 1. The van der Waals surface area contributed by atoms with Gasteiger partial charge >= 0.3 is 5.97 Å². The normalized spacial score (nSPS) is 11.3. The van der Waals surface area contributed by atoms with Crippen molar-refractivity contribution in [2.45, 2.75) is 20.0 Å². The predicted molar refractivity (Wildman–Crippen MR) is 99.1 cm³/mol. The third-order valence-corrected chi connectivity index (χ3v) is 3.82. The van der Waals surface area contributed by atoms with Crippen molar-refractivity contribution in [3.05, 3.63) is 64.7 Å². The van der Waals surface area contributed by atoms with Crippen LogP contribution in [0.1, 0.15) is 22.8 Å². The van der Waals surface area contributed by atoms with E-state index in [0.717, 1.165) is 5.56 Å². The largest absolute Gasteiger partial charge is 0.451 e. The van der Waals surface area contributed by atoms with Gasteiger partial charge in [0.25, 0.3) is 11.8 Å². The number of nitrogens with one attached hydrogen (secondary N) is 2. The summed E-state index contributed by atoms with van der Waals surface area (Å²) in [7, 11) is 0. The highest BCUT2D eigenvalue weighted by Gasteiger charge is 2.18. The van der Waals surface area contributed by atoms with Crippen LogP contribution in [-0.2, 0) is 14.3 Å². The SMILES string of the molecule is Cc1ccccc1C(=O)NCC(=O)OC(C)C(=O)Nc1ccc(Cl)cc1. The van der Waals surface area contributed by atoms with Gasteiger partial charge in [0.1, 0.15) is 6.54 Å². The Bertz CT molecular complexity index is 805. The molecule has 2 rings (SSSR count). The number of carbonyl (C=O) groups excluding carboxylic acids is 3. The van der Waals surface area contributed by atoms with Crippen molar-refractivity contribution in [1.82, 2.24) is 5.32 Å². The van der Waals surface area contributed by atoms with E-state index in [0.29, 0.717) is 16.3 Å². The lowest BCUT2D eigenvalue weighted by Gasteiger charge is -2.14. The Labute approximate surface area is 156 Å². The average Bonchev–Trinajstić information content (AvgIpc) is 2.62. The first kappa shape index (κ1) is 19.5. The van der Waals surface area contributed by atoms with Gasteiger partial charge in [-0.3, -0.25) is 14.4 Å². The van der Waals surface area contributed by atoms with Gasteiger partial charge in [0.15, 0.2) is 6.10 Å². The number of hydrogen-bond donors (Lipinski definition) is 2. The molecule has 0 saturated heterocycles. The molecule has 26 heavy (non-hydrogen) atoms. The molecule has 0 radical (unpaired) electrons. The van der Waals surface area contributed by atoms with Crippen LogP contribution < -0.4 is 10.6 Å². The second-order valence-corrected chi connectivity index (χ2v) is 6.06. The third-order valence-electron chi connectivity index (χ3n) is 3.57. The van der Waals surface area contributed by atoms with Gasteiger partial charge in [0.05, 0.1) is 0 Å². The molecule has 0 aromatic heterocycles. The van der Waals surface area contributed by atoms with Crippen LogP contribution in [0.5, 0.6) is 0 Å². The smallest absolute Gasteiger partial charge is 0.326 e. The van der Waals surface area contributed by atoms with Gasteiger partial charge in [0.2, 0.25) is 0 Å². The minimum Gasteiger partial charge on any atom is -0.451 e. The van der Waals surface area contributed by atoms with E-state index in [1.807, 2.05) is 6.07 Å². The zero-order valence-electron chi connectivity index (χ0n) is 14.4. The van der Waals surface area contributed by atoms with Crippen molar-refractivity contribution in [1.29, 1.82) is 0 Å². The van der Waals surface area contributed by atoms with Gasteiger partial charge in [-0.2, -0.15) is 0 Å². The number of amides is 2. The maximum atomic E-state index is 12.0. The highest BCUT2D eigenvalue weighted by molar-refractivity contribution is 6.30. The van der Waals surface area contributed by atoms with Gasteiger partial charge in [-0.25, -0.2) is 0 Å². The molecule has 7 heteroatoms. The maximum absolute atomic E-state index is 12.0. The molecule has 0 heterocycles. The van der Waals surface area contributed by atoms with Gasteiger partial charge in [-0.05, 0) is 49.7 Å². The highest BCUT2D eigenvalue weighted by atomic mass is 35.5. The fourth-order valence-electron chi connectivity index (χ4n) is 2.14. The van der Waals surface area contributed by atoms with E-state index < -0.39 is 18.0 Å². The number of hydrogen-bond acceptors (Lipinski definition) is 4. The lowest BCUT2D eigenvalue weighted by atomic mass is 10.1. The molecule has 0 spiro atoms. The van der Waals surface area contributed by atoms with Crippen LogP contribution >= 0.6 is 11.6 Å². The Hall–Kier alpha value is -2.86. The molecule has 0 fully saturated rings. The van der Waals surface area contributed by atoms with E-state index in [4.69, 9.17) is 16.3 Å². The number of carbonyl (C=O) groups is 3. The first-order valence-corrected chi connectivity index (χ1v) is 8.34. The number of halogens is 1. The predicted octanol–water partition coefficient (Wildman–Crippen LogP) is 2.95. The standard InChI is InChI=1S/C19H19ClN2O4/c1-12-5-3-4-6-16(12)19(25)21-11-17(23)26-13(2)18(24)22-15-9-7-14(20)8-10-15/h3-10,13H,11H2,1-2H3,(H,21,25)(H,22,24). The van der Waals surface area contributed by atoms with Crippen LogP contribution in [0.15, 0.2) is 48.5 Å². The van der Waals surface area contributed by atoms with Gasteiger partial charge in [-0.15, -0.1) is 0 Å². The lowest BCUT2D eigenvalue weighted by Crippen LogP contribution is -2.36. The van der Waals surface area contributed by atoms with Crippen molar-refractivity contribution < 1.29 is 19.1 Å². The molecule has 2 N–H and O–H groups in total. The summed E-state index contributed by atoms with van der Waals surface area (Å²) in [6.45, 7) is 2.93. The van der Waals surface area contributed by atoms with E-state index in [-0.39, 0.29) is 12.5 Å². The molecule has 1 unspecified atom stereocenters. The third kappa shape index (κ3) is 5.60. The first-order chi connectivity index (χ1) is 12.4. The minimum atomic E-state index is -1.01. The fraction of sp³-hybridized carbons (Fsp3) is 0.211. The quantitative estimate of drug-likeness (QED) is 0.761. The summed E-state index contributed by atoms with van der Waals surface area (Å²) in [5.41, 5.74) is 1.82. The highest BCUT2D eigenvalue weighted by Crippen LogP contribution is 2.14. The number of anilines is 1. The van der Waals surface area contributed by atoms with E-state index in [9.17, 15) is 14.4 Å². The van der Waals surface area contributed by atoms with E-state index in [1.54, 1.807) is 49.4 Å². The van der Waals surface area contributed by atoms with Gasteiger partial charge < -0.3 is 15.4 Å².